The third kappa shape index (κ3) is 4.42. The van der Waals surface area contributed by atoms with Gasteiger partial charge in [0.25, 0.3) is 5.91 Å². The molecule has 122 valence electrons. The van der Waals surface area contributed by atoms with Crippen LogP contribution < -0.4 is 5.32 Å². The van der Waals surface area contributed by atoms with Gasteiger partial charge in [-0.15, -0.1) is 11.3 Å². The highest BCUT2D eigenvalue weighted by molar-refractivity contribution is 9.10. The number of carbonyl (C=O) groups is 2. The van der Waals surface area contributed by atoms with Gasteiger partial charge in [0.15, 0.2) is 0 Å². The van der Waals surface area contributed by atoms with Gasteiger partial charge in [0.2, 0.25) is 5.91 Å². The van der Waals surface area contributed by atoms with E-state index in [0.717, 1.165) is 15.8 Å². The number of aryl methyl sites for hydroxylation is 2. The Bertz CT molecular complexity index is 727. The van der Waals surface area contributed by atoms with Gasteiger partial charge in [-0.3, -0.25) is 9.59 Å². The largest absolute Gasteiger partial charge is 0.332 e. The number of nitrogens with zero attached hydrogens (tertiary/aromatic N) is 1. The van der Waals surface area contributed by atoms with Gasteiger partial charge in [0.05, 0.1) is 17.1 Å². The first-order chi connectivity index (χ1) is 10.9. The average molecular weight is 395 g/mol. The SMILES string of the molecule is CCc1cc(C(=O)N(C)CC(=O)Nc2ccccc2Br)sc1C. The molecule has 23 heavy (non-hydrogen) atoms. The van der Waals surface area contributed by atoms with E-state index in [1.807, 2.05) is 31.2 Å². The van der Waals surface area contributed by atoms with Crippen molar-refractivity contribution in [3.05, 3.63) is 50.1 Å². The van der Waals surface area contributed by atoms with Crippen molar-refractivity contribution in [3.63, 3.8) is 0 Å². The number of amides is 2. The fourth-order valence-electron chi connectivity index (χ4n) is 2.20. The zero-order valence-corrected chi connectivity index (χ0v) is 15.8. The molecule has 0 fully saturated rings. The number of benzene rings is 1. The van der Waals surface area contributed by atoms with Gasteiger partial charge >= 0.3 is 0 Å². The van der Waals surface area contributed by atoms with Crippen LogP contribution in [0, 0.1) is 6.92 Å². The van der Waals surface area contributed by atoms with E-state index >= 15 is 0 Å². The highest BCUT2D eigenvalue weighted by Gasteiger charge is 2.18. The summed E-state index contributed by atoms with van der Waals surface area (Å²) in [6.45, 7) is 4.09. The summed E-state index contributed by atoms with van der Waals surface area (Å²) in [6, 6.07) is 9.30. The number of halogens is 1. The molecule has 0 aliphatic carbocycles. The van der Waals surface area contributed by atoms with Crippen LogP contribution in [0.25, 0.3) is 0 Å². The van der Waals surface area contributed by atoms with Crippen LogP contribution in [0.1, 0.15) is 27.0 Å². The van der Waals surface area contributed by atoms with E-state index in [0.29, 0.717) is 10.6 Å². The maximum atomic E-state index is 12.4. The van der Waals surface area contributed by atoms with Gasteiger partial charge in [0, 0.05) is 16.4 Å². The first kappa shape index (κ1) is 17.7. The van der Waals surface area contributed by atoms with Gasteiger partial charge < -0.3 is 10.2 Å². The molecule has 4 nitrogen and oxygen atoms in total. The highest BCUT2D eigenvalue weighted by Crippen LogP contribution is 2.23. The zero-order valence-electron chi connectivity index (χ0n) is 13.4. The Hall–Kier alpha value is -1.66. The van der Waals surface area contributed by atoms with E-state index in [1.165, 1.54) is 21.8 Å². The van der Waals surface area contributed by atoms with E-state index < -0.39 is 0 Å². The monoisotopic (exact) mass is 394 g/mol. The van der Waals surface area contributed by atoms with Crippen LogP contribution in [0.2, 0.25) is 0 Å². The average Bonchev–Trinajstić information content (AvgIpc) is 2.89. The molecule has 2 aromatic rings. The minimum absolute atomic E-state index is 0.0125. The quantitative estimate of drug-likeness (QED) is 0.829. The lowest BCUT2D eigenvalue weighted by Crippen LogP contribution is -2.34. The summed E-state index contributed by atoms with van der Waals surface area (Å²) in [7, 11) is 1.64. The maximum Gasteiger partial charge on any atom is 0.264 e. The number of thiophene rings is 1. The van der Waals surface area contributed by atoms with Crippen molar-refractivity contribution in [2.75, 3.05) is 18.9 Å². The lowest BCUT2D eigenvalue weighted by molar-refractivity contribution is -0.116. The summed E-state index contributed by atoms with van der Waals surface area (Å²) in [5.74, 6) is -0.350. The third-order valence-electron chi connectivity index (χ3n) is 3.49. The summed E-state index contributed by atoms with van der Waals surface area (Å²) in [4.78, 5) is 27.8. The molecule has 0 spiro atoms. The molecule has 1 aromatic carbocycles. The molecule has 0 saturated carbocycles. The van der Waals surface area contributed by atoms with E-state index in [2.05, 4.69) is 28.2 Å². The molecule has 1 heterocycles. The van der Waals surface area contributed by atoms with Crippen LogP contribution in [0.4, 0.5) is 5.69 Å². The van der Waals surface area contributed by atoms with Gasteiger partial charge in [0.1, 0.15) is 0 Å². The molecule has 1 aromatic heterocycles. The molecule has 2 amide bonds. The molecule has 1 N–H and O–H groups in total. The summed E-state index contributed by atoms with van der Waals surface area (Å²) < 4.78 is 0.809. The van der Waals surface area contributed by atoms with E-state index in [4.69, 9.17) is 0 Å². The Morgan fingerprint density at radius 3 is 2.61 bits per heavy atom. The second-order valence-electron chi connectivity index (χ2n) is 5.23. The second-order valence-corrected chi connectivity index (χ2v) is 7.35. The molecule has 0 aliphatic rings. The first-order valence-corrected chi connectivity index (χ1v) is 8.92. The van der Waals surface area contributed by atoms with Crippen molar-refractivity contribution in [1.82, 2.24) is 4.90 Å². The summed E-state index contributed by atoms with van der Waals surface area (Å²) in [5, 5.41) is 2.80. The van der Waals surface area contributed by atoms with Crippen LogP contribution in [-0.4, -0.2) is 30.3 Å². The lowest BCUT2D eigenvalue weighted by Gasteiger charge is -2.16. The van der Waals surface area contributed by atoms with E-state index in [9.17, 15) is 9.59 Å². The van der Waals surface area contributed by atoms with Crippen molar-refractivity contribution in [2.24, 2.45) is 0 Å². The molecule has 6 heteroatoms. The van der Waals surface area contributed by atoms with Crippen molar-refractivity contribution >= 4 is 44.8 Å². The Morgan fingerprint density at radius 2 is 2.00 bits per heavy atom. The van der Waals surface area contributed by atoms with Gasteiger partial charge in [-0.05, 0) is 53.0 Å². The van der Waals surface area contributed by atoms with Crippen molar-refractivity contribution in [1.29, 1.82) is 0 Å². The predicted molar refractivity (Wildman–Crippen MR) is 98.2 cm³/mol. The number of hydrogen-bond donors (Lipinski definition) is 1. The Morgan fingerprint density at radius 1 is 1.30 bits per heavy atom. The molecule has 0 unspecified atom stereocenters. The number of rotatable bonds is 5. The van der Waals surface area contributed by atoms with Crippen LogP contribution in [0.3, 0.4) is 0 Å². The van der Waals surface area contributed by atoms with Crippen molar-refractivity contribution < 1.29 is 9.59 Å². The minimum Gasteiger partial charge on any atom is -0.332 e. The fraction of sp³-hybridized carbons (Fsp3) is 0.294. The Balaban J connectivity index is 2.00. The zero-order chi connectivity index (χ0) is 17.0. The van der Waals surface area contributed by atoms with Gasteiger partial charge in [-0.25, -0.2) is 0 Å². The number of anilines is 1. The Labute approximate surface area is 148 Å². The minimum atomic E-state index is -0.225. The Kier molecular flexibility index (Phi) is 5.96. The highest BCUT2D eigenvalue weighted by atomic mass is 79.9. The number of likely N-dealkylation sites (N-methyl/N-ethyl adjacent to an activating group) is 1. The fourth-order valence-corrected chi connectivity index (χ4v) is 3.70. The molecule has 0 aliphatic heterocycles. The van der Waals surface area contributed by atoms with Crippen molar-refractivity contribution in [3.8, 4) is 0 Å². The number of hydrogen-bond acceptors (Lipinski definition) is 3. The predicted octanol–water partition coefficient (Wildman–Crippen LogP) is 4.09. The lowest BCUT2D eigenvalue weighted by atomic mass is 10.2. The molecule has 2 rings (SSSR count). The van der Waals surface area contributed by atoms with Crippen molar-refractivity contribution in [2.45, 2.75) is 20.3 Å². The number of nitrogens with one attached hydrogen (secondary N) is 1. The summed E-state index contributed by atoms with van der Waals surface area (Å²) >= 11 is 4.86. The maximum absolute atomic E-state index is 12.4. The number of carbonyl (C=O) groups excluding carboxylic acids is 2. The standard InChI is InChI=1S/C17H19BrN2O2S/c1-4-12-9-15(23-11(12)2)17(22)20(3)10-16(21)19-14-8-6-5-7-13(14)18/h5-9H,4,10H2,1-3H3,(H,19,21). The van der Waals surface area contributed by atoms with Crippen LogP contribution in [0.5, 0.6) is 0 Å². The molecule has 0 atom stereocenters. The molecular formula is C17H19BrN2O2S. The summed E-state index contributed by atoms with van der Waals surface area (Å²) in [6.07, 6.45) is 0.905. The normalized spacial score (nSPS) is 10.4. The van der Waals surface area contributed by atoms with Crippen LogP contribution in [0.15, 0.2) is 34.8 Å². The first-order valence-electron chi connectivity index (χ1n) is 7.31. The topological polar surface area (TPSA) is 49.4 Å². The van der Waals surface area contributed by atoms with Gasteiger partial charge in [-0.1, -0.05) is 19.1 Å². The van der Waals surface area contributed by atoms with Crippen LogP contribution >= 0.6 is 27.3 Å². The number of para-hydroxylation sites is 1. The summed E-state index contributed by atoms with van der Waals surface area (Å²) in [5.41, 5.74) is 1.88. The smallest absolute Gasteiger partial charge is 0.264 e. The van der Waals surface area contributed by atoms with E-state index in [-0.39, 0.29) is 18.4 Å². The van der Waals surface area contributed by atoms with E-state index in [1.54, 1.807) is 13.1 Å². The molecule has 0 bridgehead atoms. The van der Waals surface area contributed by atoms with Crippen LogP contribution in [-0.2, 0) is 11.2 Å². The third-order valence-corrected chi connectivity index (χ3v) is 5.26. The molecular weight excluding hydrogens is 376 g/mol. The molecule has 0 radical (unpaired) electrons. The molecule has 0 saturated heterocycles. The van der Waals surface area contributed by atoms with Gasteiger partial charge in [-0.2, -0.15) is 0 Å². The second kappa shape index (κ2) is 7.75.